The van der Waals surface area contributed by atoms with Crippen LogP contribution in [0.1, 0.15) is 10.6 Å². The van der Waals surface area contributed by atoms with Crippen molar-refractivity contribution in [2.45, 2.75) is 6.92 Å². The molecule has 0 saturated heterocycles. The molecule has 0 aliphatic heterocycles. The fourth-order valence-corrected chi connectivity index (χ4v) is 1.90. The third-order valence-electron chi connectivity index (χ3n) is 2.31. The van der Waals surface area contributed by atoms with Gasteiger partial charge in [0.25, 0.3) is 0 Å². The number of benzene rings is 1. The van der Waals surface area contributed by atoms with Crippen LogP contribution >= 0.6 is 11.3 Å². The Balaban J connectivity index is 1.96. The van der Waals surface area contributed by atoms with Crippen molar-refractivity contribution in [1.29, 1.82) is 0 Å². The smallest absolute Gasteiger partial charge is 0.225 e. The fraction of sp³-hybridized carbons (Fsp3) is 0.250. The molecule has 0 fully saturated rings. The molecule has 0 aliphatic carbocycles. The van der Waals surface area contributed by atoms with Gasteiger partial charge in [-0.25, -0.2) is 0 Å². The molecule has 0 amide bonds. The molecule has 0 atom stereocenters. The lowest BCUT2D eigenvalue weighted by molar-refractivity contribution is 1.04. The van der Waals surface area contributed by atoms with Crippen LogP contribution < -0.4 is 10.3 Å². The zero-order valence-electron chi connectivity index (χ0n) is 10.6. The molecule has 0 spiro atoms. The topological polar surface area (TPSA) is 53.4 Å². The summed E-state index contributed by atoms with van der Waals surface area (Å²) in [7, 11) is 4.03. The highest BCUT2D eigenvalue weighted by molar-refractivity contribution is 7.15. The van der Waals surface area contributed by atoms with Crippen molar-refractivity contribution in [2.24, 2.45) is 5.10 Å². The van der Waals surface area contributed by atoms with E-state index in [1.807, 2.05) is 33.2 Å². The zero-order chi connectivity index (χ0) is 13.0. The van der Waals surface area contributed by atoms with Gasteiger partial charge in [-0.05, 0) is 24.6 Å². The van der Waals surface area contributed by atoms with Gasteiger partial charge in [0, 0.05) is 19.8 Å². The summed E-state index contributed by atoms with van der Waals surface area (Å²) in [5, 5.41) is 13.6. The quantitative estimate of drug-likeness (QED) is 0.678. The monoisotopic (exact) mass is 261 g/mol. The van der Waals surface area contributed by atoms with Crippen molar-refractivity contribution in [3.8, 4) is 0 Å². The molecule has 0 radical (unpaired) electrons. The average molecular weight is 261 g/mol. The number of nitrogens with one attached hydrogen (secondary N) is 1. The van der Waals surface area contributed by atoms with Gasteiger partial charge in [-0.3, -0.25) is 5.43 Å². The van der Waals surface area contributed by atoms with Crippen molar-refractivity contribution in [3.05, 3.63) is 34.8 Å². The Labute approximate surface area is 110 Å². The molecule has 5 nitrogen and oxygen atoms in total. The van der Waals surface area contributed by atoms with Crippen LogP contribution in [-0.2, 0) is 0 Å². The first-order valence-corrected chi connectivity index (χ1v) is 6.33. The predicted molar refractivity (Wildman–Crippen MR) is 76.6 cm³/mol. The Kier molecular flexibility index (Phi) is 3.88. The third-order valence-corrected chi connectivity index (χ3v) is 3.05. The van der Waals surface area contributed by atoms with Gasteiger partial charge in [0.15, 0.2) is 0 Å². The predicted octanol–water partition coefficient (Wildman–Crippen LogP) is 2.36. The van der Waals surface area contributed by atoms with E-state index >= 15 is 0 Å². The molecule has 6 heteroatoms. The average Bonchev–Trinajstić information content (AvgIpc) is 2.76. The number of aryl methyl sites for hydroxylation is 1. The van der Waals surface area contributed by atoms with Gasteiger partial charge in [-0.1, -0.05) is 23.5 Å². The summed E-state index contributed by atoms with van der Waals surface area (Å²) in [5.74, 6) is 0. The second kappa shape index (κ2) is 5.59. The normalized spacial score (nSPS) is 10.8. The van der Waals surface area contributed by atoms with E-state index in [0.717, 1.165) is 10.6 Å². The van der Waals surface area contributed by atoms with Crippen molar-refractivity contribution in [2.75, 3.05) is 24.4 Å². The highest BCUT2D eigenvalue weighted by Gasteiger charge is 1.97. The largest absolute Gasteiger partial charge is 0.378 e. The lowest BCUT2D eigenvalue weighted by Gasteiger charge is -2.11. The Bertz CT molecular complexity index is 530. The maximum atomic E-state index is 4.12. The van der Waals surface area contributed by atoms with Gasteiger partial charge >= 0.3 is 0 Å². The Hall–Kier alpha value is -1.95. The number of rotatable bonds is 4. The molecule has 2 aromatic rings. The summed E-state index contributed by atoms with van der Waals surface area (Å²) < 4.78 is 0. The van der Waals surface area contributed by atoms with Crippen LogP contribution in [0.15, 0.2) is 29.4 Å². The van der Waals surface area contributed by atoms with Crippen molar-refractivity contribution < 1.29 is 0 Å². The van der Waals surface area contributed by atoms with Crippen molar-refractivity contribution in [1.82, 2.24) is 10.2 Å². The Morgan fingerprint density at radius 3 is 2.50 bits per heavy atom. The molecule has 2 rings (SSSR count). The maximum Gasteiger partial charge on any atom is 0.225 e. The second-order valence-corrected chi connectivity index (χ2v) is 5.16. The van der Waals surface area contributed by atoms with E-state index in [2.05, 4.69) is 37.8 Å². The molecular weight excluding hydrogens is 246 g/mol. The number of hydrogen-bond donors (Lipinski definition) is 1. The summed E-state index contributed by atoms with van der Waals surface area (Å²) >= 11 is 1.48. The minimum absolute atomic E-state index is 0.702. The first-order chi connectivity index (χ1) is 8.65. The molecule has 0 saturated carbocycles. The van der Waals surface area contributed by atoms with Gasteiger partial charge in [0.05, 0.1) is 6.21 Å². The van der Waals surface area contributed by atoms with Gasteiger partial charge in [0.2, 0.25) is 5.13 Å². The fourth-order valence-electron chi connectivity index (χ4n) is 1.36. The van der Waals surface area contributed by atoms with E-state index in [-0.39, 0.29) is 0 Å². The number of nitrogens with zero attached hydrogens (tertiary/aromatic N) is 4. The van der Waals surface area contributed by atoms with E-state index in [1.54, 1.807) is 6.21 Å². The van der Waals surface area contributed by atoms with E-state index in [0.29, 0.717) is 5.13 Å². The number of hydrogen-bond acceptors (Lipinski definition) is 6. The van der Waals surface area contributed by atoms with E-state index in [9.17, 15) is 0 Å². The van der Waals surface area contributed by atoms with Crippen molar-refractivity contribution in [3.63, 3.8) is 0 Å². The van der Waals surface area contributed by atoms with Crippen LogP contribution in [0.3, 0.4) is 0 Å². The lowest BCUT2D eigenvalue weighted by atomic mass is 10.2. The number of aromatic nitrogens is 2. The molecule has 1 aromatic heterocycles. The minimum Gasteiger partial charge on any atom is -0.378 e. The molecule has 0 aliphatic rings. The SMILES string of the molecule is Cc1nnc(NN=Cc2ccc(N(C)C)cc2)s1. The summed E-state index contributed by atoms with van der Waals surface area (Å²) in [6, 6.07) is 8.14. The van der Waals surface area contributed by atoms with Crippen LogP contribution in [0.4, 0.5) is 10.8 Å². The molecule has 1 N–H and O–H groups in total. The zero-order valence-corrected chi connectivity index (χ0v) is 11.4. The molecular formula is C12H15N5S. The first kappa shape index (κ1) is 12.5. The van der Waals surface area contributed by atoms with Crippen LogP contribution in [0.5, 0.6) is 0 Å². The lowest BCUT2D eigenvalue weighted by Crippen LogP contribution is -2.08. The van der Waals surface area contributed by atoms with Gasteiger partial charge in [-0.15, -0.1) is 10.2 Å². The van der Waals surface area contributed by atoms with Gasteiger partial charge < -0.3 is 4.90 Å². The van der Waals surface area contributed by atoms with Gasteiger partial charge in [-0.2, -0.15) is 5.10 Å². The highest BCUT2D eigenvalue weighted by Crippen LogP contribution is 2.14. The van der Waals surface area contributed by atoms with Crippen LogP contribution in [-0.4, -0.2) is 30.5 Å². The van der Waals surface area contributed by atoms with Gasteiger partial charge in [0.1, 0.15) is 5.01 Å². The number of hydrazone groups is 1. The van der Waals surface area contributed by atoms with E-state index in [4.69, 9.17) is 0 Å². The molecule has 1 heterocycles. The molecule has 94 valence electrons. The maximum absolute atomic E-state index is 4.12. The van der Waals surface area contributed by atoms with Crippen molar-refractivity contribution >= 4 is 28.4 Å². The molecule has 18 heavy (non-hydrogen) atoms. The second-order valence-electron chi connectivity index (χ2n) is 3.98. The Morgan fingerprint density at radius 2 is 1.94 bits per heavy atom. The molecule has 1 aromatic carbocycles. The summed E-state index contributed by atoms with van der Waals surface area (Å²) in [5.41, 5.74) is 5.06. The first-order valence-electron chi connectivity index (χ1n) is 5.52. The van der Waals surface area contributed by atoms with Crippen LogP contribution in [0.25, 0.3) is 0 Å². The summed E-state index contributed by atoms with van der Waals surface area (Å²) in [6.45, 7) is 1.91. The number of anilines is 2. The van der Waals surface area contributed by atoms with Crippen LogP contribution in [0.2, 0.25) is 0 Å². The van der Waals surface area contributed by atoms with Crippen LogP contribution in [0, 0.1) is 6.92 Å². The molecule has 0 unspecified atom stereocenters. The van der Waals surface area contributed by atoms with E-state index < -0.39 is 0 Å². The molecule has 0 bridgehead atoms. The summed E-state index contributed by atoms with van der Waals surface area (Å²) in [4.78, 5) is 2.06. The standard InChI is InChI=1S/C12H15N5S/c1-9-14-16-12(18-9)15-13-8-10-4-6-11(7-5-10)17(2)3/h4-8H,1-3H3,(H,15,16). The Morgan fingerprint density at radius 1 is 1.22 bits per heavy atom. The highest BCUT2D eigenvalue weighted by atomic mass is 32.1. The summed E-state index contributed by atoms with van der Waals surface area (Å²) in [6.07, 6.45) is 1.76. The minimum atomic E-state index is 0.702. The van der Waals surface area contributed by atoms with E-state index in [1.165, 1.54) is 17.0 Å². The third kappa shape index (κ3) is 3.27.